The summed E-state index contributed by atoms with van der Waals surface area (Å²) in [5, 5.41) is 0. The normalized spacial score (nSPS) is 14.1. The number of hydrogen-bond acceptors (Lipinski definition) is 0. The largest absolute Gasteiger partial charge is 0.223 e. The minimum atomic E-state index is -0.565. The van der Waals surface area contributed by atoms with Crippen LogP contribution in [-0.2, 0) is 5.41 Å². The van der Waals surface area contributed by atoms with E-state index >= 15 is 0 Å². The monoisotopic (exact) mass is 210 g/mol. The first-order valence-corrected chi connectivity index (χ1v) is 7.86. The summed E-state index contributed by atoms with van der Waals surface area (Å²) in [5.74, 6) is 0. The summed E-state index contributed by atoms with van der Waals surface area (Å²) >= 11 is 0. The van der Waals surface area contributed by atoms with E-state index in [9.17, 15) is 0 Å². The lowest BCUT2D eigenvalue weighted by molar-refractivity contribution is 0.589. The van der Waals surface area contributed by atoms with Crippen molar-refractivity contribution in [3.8, 4) is 0 Å². The van der Waals surface area contributed by atoms with Gasteiger partial charge in [0, 0.05) is 0 Å². The summed E-state index contributed by atoms with van der Waals surface area (Å²) in [7, 11) is -0.565. The Morgan fingerprint density at radius 1 is 0.857 bits per heavy atom. The molecule has 0 saturated heterocycles. The lowest BCUT2D eigenvalue weighted by atomic mass is 9.87. The van der Waals surface area contributed by atoms with Gasteiger partial charge in [0.25, 0.3) is 0 Å². The number of hydrogen-bond donors (Lipinski definition) is 0. The number of benzene rings is 1. The SMILES string of the molecule is CC(C)(C)c1ccc(S(C)(C)C)cc1. The molecule has 0 aliphatic heterocycles. The average Bonchev–Trinajstić information content (AvgIpc) is 2.01. The lowest BCUT2D eigenvalue weighted by Crippen LogP contribution is -2.10. The Morgan fingerprint density at radius 3 is 1.57 bits per heavy atom. The molecule has 80 valence electrons. The Morgan fingerprint density at radius 2 is 1.29 bits per heavy atom. The summed E-state index contributed by atoms with van der Waals surface area (Å²) in [6.45, 7) is 6.77. The second-order valence-electron chi connectivity index (χ2n) is 5.61. The van der Waals surface area contributed by atoms with Crippen LogP contribution in [0.5, 0.6) is 0 Å². The maximum atomic E-state index is 2.33. The van der Waals surface area contributed by atoms with E-state index in [2.05, 4.69) is 63.8 Å². The van der Waals surface area contributed by atoms with Gasteiger partial charge in [0.15, 0.2) is 0 Å². The molecule has 0 atom stereocenters. The van der Waals surface area contributed by atoms with E-state index in [1.54, 1.807) is 0 Å². The van der Waals surface area contributed by atoms with E-state index in [1.807, 2.05) is 0 Å². The molecule has 0 aliphatic rings. The predicted octanol–water partition coefficient (Wildman–Crippen LogP) is 4.04. The third-order valence-corrected chi connectivity index (χ3v) is 4.11. The molecule has 0 fully saturated rings. The molecule has 0 aromatic heterocycles. The second-order valence-corrected chi connectivity index (χ2v) is 9.76. The first kappa shape index (κ1) is 11.6. The molecular weight excluding hydrogens is 188 g/mol. The van der Waals surface area contributed by atoms with Crippen molar-refractivity contribution < 1.29 is 0 Å². The third kappa shape index (κ3) is 2.78. The van der Waals surface area contributed by atoms with Crippen molar-refractivity contribution in [2.24, 2.45) is 0 Å². The summed E-state index contributed by atoms with van der Waals surface area (Å²) in [5.41, 5.74) is 1.69. The van der Waals surface area contributed by atoms with Crippen molar-refractivity contribution >= 4 is 10.0 Å². The van der Waals surface area contributed by atoms with Crippen molar-refractivity contribution in [1.29, 1.82) is 0 Å². The lowest BCUT2D eigenvalue weighted by Gasteiger charge is -2.27. The Kier molecular flexibility index (Phi) is 3.01. The predicted molar refractivity (Wildman–Crippen MR) is 68.8 cm³/mol. The van der Waals surface area contributed by atoms with Crippen molar-refractivity contribution in [3.63, 3.8) is 0 Å². The second kappa shape index (κ2) is 3.62. The highest BCUT2D eigenvalue weighted by molar-refractivity contribution is 8.32. The van der Waals surface area contributed by atoms with Crippen LogP contribution in [0.1, 0.15) is 26.3 Å². The number of rotatable bonds is 1. The minimum absolute atomic E-state index is 0.270. The van der Waals surface area contributed by atoms with Gasteiger partial charge in [-0.3, -0.25) is 0 Å². The zero-order chi connectivity index (χ0) is 11.0. The van der Waals surface area contributed by atoms with Crippen LogP contribution in [0.25, 0.3) is 0 Å². The zero-order valence-electron chi connectivity index (χ0n) is 10.2. The van der Waals surface area contributed by atoms with E-state index in [0.29, 0.717) is 0 Å². The van der Waals surface area contributed by atoms with Crippen LogP contribution in [0.15, 0.2) is 29.2 Å². The molecule has 1 aromatic carbocycles. The van der Waals surface area contributed by atoms with Gasteiger partial charge in [0.1, 0.15) is 0 Å². The maximum Gasteiger partial charge on any atom is -0.0106 e. The molecule has 0 nitrogen and oxygen atoms in total. The highest BCUT2D eigenvalue weighted by atomic mass is 32.3. The van der Waals surface area contributed by atoms with Crippen LogP contribution < -0.4 is 0 Å². The molecule has 14 heavy (non-hydrogen) atoms. The van der Waals surface area contributed by atoms with Crippen LogP contribution in [0, 0.1) is 0 Å². The van der Waals surface area contributed by atoms with E-state index in [4.69, 9.17) is 0 Å². The van der Waals surface area contributed by atoms with Gasteiger partial charge in [-0.25, -0.2) is 10.0 Å². The van der Waals surface area contributed by atoms with Crippen LogP contribution in [0.2, 0.25) is 0 Å². The van der Waals surface area contributed by atoms with Crippen molar-refractivity contribution in [2.75, 3.05) is 18.8 Å². The summed E-state index contributed by atoms with van der Waals surface area (Å²) in [4.78, 5) is 1.49. The van der Waals surface area contributed by atoms with E-state index in [1.165, 1.54) is 10.5 Å². The first-order valence-electron chi connectivity index (χ1n) is 5.00. The fourth-order valence-electron chi connectivity index (χ4n) is 1.36. The molecule has 0 amide bonds. The van der Waals surface area contributed by atoms with Gasteiger partial charge in [0.2, 0.25) is 0 Å². The Balaban J connectivity index is 3.02. The first-order chi connectivity index (χ1) is 6.21. The van der Waals surface area contributed by atoms with Gasteiger partial charge in [-0.15, -0.1) is 0 Å². The molecule has 0 aliphatic carbocycles. The van der Waals surface area contributed by atoms with E-state index in [-0.39, 0.29) is 5.41 Å². The summed E-state index contributed by atoms with van der Waals surface area (Å²) < 4.78 is 0. The van der Waals surface area contributed by atoms with Gasteiger partial charge in [-0.1, -0.05) is 32.9 Å². The molecule has 0 radical (unpaired) electrons. The molecule has 0 saturated carbocycles. The maximum absolute atomic E-state index is 2.33. The fraction of sp³-hybridized carbons (Fsp3) is 0.538. The topological polar surface area (TPSA) is 0 Å². The molecule has 0 unspecified atom stereocenters. The summed E-state index contributed by atoms with van der Waals surface area (Å²) in [6, 6.07) is 9.12. The Bertz CT molecular complexity index is 262. The van der Waals surface area contributed by atoms with Crippen LogP contribution >= 0.6 is 10.0 Å². The average molecular weight is 210 g/mol. The molecular formula is C13H22S. The minimum Gasteiger partial charge on any atom is -0.223 e. The van der Waals surface area contributed by atoms with Crippen LogP contribution in [0.4, 0.5) is 0 Å². The van der Waals surface area contributed by atoms with Gasteiger partial charge >= 0.3 is 0 Å². The quantitative estimate of drug-likeness (QED) is 0.656. The zero-order valence-corrected chi connectivity index (χ0v) is 11.0. The molecule has 0 spiro atoms. The summed E-state index contributed by atoms with van der Waals surface area (Å²) in [6.07, 6.45) is 7.00. The molecule has 0 heterocycles. The Labute approximate surface area is 90.0 Å². The standard InChI is InChI=1S/C13H22S/c1-13(2,3)11-7-9-12(10-8-11)14(4,5)6/h7-10H,1-6H3. The highest BCUT2D eigenvalue weighted by Crippen LogP contribution is 2.45. The molecule has 0 N–H and O–H groups in total. The molecule has 0 bridgehead atoms. The van der Waals surface area contributed by atoms with E-state index in [0.717, 1.165) is 0 Å². The highest BCUT2D eigenvalue weighted by Gasteiger charge is 2.14. The van der Waals surface area contributed by atoms with Crippen LogP contribution in [0.3, 0.4) is 0 Å². The van der Waals surface area contributed by atoms with Crippen molar-refractivity contribution in [3.05, 3.63) is 29.8 Å². The van der Waals surface area contributed by atoms with Crippen molar-refractivity contribution in [1.82, 2.24) is 0 Å². The molecule has 1 aromatic rings. The van der Waals surface area contributed by atoms with Gasteiger partial charge in [0.05, 0.1) is 0 Å². The Hall–Kier alpha value is -0.430. The van der Waals surface area contributed by atoms with Crippen LogP contribution in [-0.4, -0.2) is 18.8 Å². The fourth-order valence-corrected chi connectivity index (χ4v) is 2.32. The smallest absolute Gasteiger partial charge is 0.0106 e. The van der Waals surface area contributed by atoms with Gasteiger partial charge in [-0.2, -0.15) is 0 Å². The van der Waals surface area contributed by atoms with Crippen molar-refractivity contribution in [2.45, 2.75) is 31.1 Å². The van der Waals surface area contributed by atoms with Gasteiger partial charge < -0.3 is 0 Å². The molecule has 1 heteroatoms. The third-order valence-electron chi connectivity index (χ3n) is 2.43. The van der Waals surface area contributed by atoms with E-state index < -0.39 is 10.0 Å². The molecule has 1 rings (SSSR count). The van der Waals surface area contributed by atoms with Gasteiger partial charge in [-0.05, 0) is 46.8 Å².